The van der Waals surface area contributed by atoms with Gasteiger partial charge in [0.15, 0.2) is 0 Å². The van der Waals surface area contributed by atoms with E-state index >= 15 is 0 Å². The molecule has 1 aliphatic carbocycles. The van der Waals surface area contributed by atoms with Gasteiger partial charge in [-0.05, 0) is 73.8 Å². The zero-order chi connectivity index (χ0) is 24.1. The molecule has 6 aromatic carbocycles. The first-order valence-corrected chi connectivity index (χ1v) is 12.6. The maximum absolute atomic E-state index is 2.45. The van der Waals surface area contributed by atoms with Gasteiger partial charge in [-0.2, -0.15) is 0 Å². The van der Waals surface area contributed by atoms with Gasteiger partial charge in [0.25, 0.3) is 0 Å². The van der Waals surface area contributed by atoms with Crippen LogP contribution in [0.2, 0.25) is 0 Å². The average Bonchev–Trinajstić information content (AvgIpc) is 3.24. The highest BCUT2D eigenvalue weighted by Crippen LogP contribution is 2.56. The highest BCUT2D eigenvalue weighted by Gasteiger charge is 2.46. The summed E-state index contributed by atoms with van der Waals surface area (Å²) >= 11 is 0. The summed E-state index contributed by atoms with van der Waals surface area (Å²) in [7, 11) is 0. The van der Waals surface area contributed by atoms with Crippen LogP contribution in [0.4, 0.5) is 0 Å². The molecule has 0 radical (unpaired) electrons. The lowest BCUT2D eigenvalue weighted by molar-refractivity contribution is 0.769. The second kappa shape index (κ2) is 8.07. The van der Waals surface area contributed by atoms with Gasteiger partial charge >= 0.3 is 0 Å². The van der Waals surface area contributed by atoms with Crippen molar-refractivity contribution in [2.45, 2.75) is 12.3 Å². The molecule has 0 amide bonds. The van der Waals surface area contributed by atoms with Gasteiger partial charge < -0.3 is 0 Å². The second-order valence-corrected chi connectivity index (χ2v) is 9.82. The van der Waals surface area contributed by atoms with Crippen molar-refractivity contribution in [1.29, 1.82) is 0 Å². The quantitative estimate of drug-likeness (QED) is 0.248. The fraction of sp³-hybridized carbons (Fsp3) is 0.0556. The number of benzene rings is 6. The molecule has 0 heterocycles. The van der Waals surface area contributed by atoms with E-state index in [1.54, 1.807) is 0 Å². The summed E-state index contributed by atoms with van der Waals surface area (Å²) in [5.74, 6) is 0. The smallest absolute Gasteiger partial charge is 0.0622 e. The Morgan fingerprint density at radius 3 is 1.81 bits per heavy atom. The average molecular weight is 459 g/mol. The van der Waals surface area contributed by atoms with Crippen LogP contribution >= 0.6 is 0 Å². The number of fused-ring (bicyclic) bond motifs is 4. The minimum Gasteiger partial charge on any atom is -0.0622 e. The summed E-state index contributed by atoms with van der Waals surface area (Å²) in [5.41, 5.74) is 11.4. The van der Waals surface area contributed by atoms with E-state index in [1.807, 2.05) is 0 Å². The lowest BCUT2D eigenvalue weighted by Crippen LogP contribution is -2.28. The highest BCUT2D eigenvalue weighted by atomic mass is 14.5. The van der Waals surface area contributed by atoms with E-state index in [-0.39, 0.29) is 5.41 Å². The van der Waals surface area contributed by atoms with Gasteiger partial charge in [0.2, 0.25) is 0 Å². The van der Waals surface area contributed by atoms with E-state index in [0.717, 1.165) is 0 Å². The van der Waals surface area contributed by atoms with Gasteiger partial charge in [0.05, 0.1) is 5.41 Å². The predicted molar refractivity (Wildman–Crippen MR) is 151 cm³/mol. The highest BCUT2D eigenvalue weighted by molar-refractivity contribution is 5.98. The zero-order valence-corrected chi connectivity index (χ0v) is 20.3. The largest absolute Gasteiger partial charge is 0.0713 e. The Kier molecular flexibility index (Phi) is 4.69. The number of aryl methyl sites for hydroxylation is 1. The molecule has 1 aliphatic rings. The maximum Gasteiger partial charge on any atom is 0.0713 e. The van der Waals surface area contributed by atoms with Crippen LogP contribution in [0, 0.1) is 6.92 Å². The lowest BCUT2D eigenvalue weighted by Gasteiger charge is -2.34. The van der Waals surface area contributed by atoms with E-state index in [4.69, 9.17) is 0 Å². The minimum absolute atomic E-state index is 0.371. The molecule has 0 unspecified atom stereocenters. The number of hydrogen-bond donors (Lipinski definition) is 0. The van der Waals surface area contributed by atoms with Crippen molar-refractivity contribution in [3.8, 4) is 22.3 Å². The first-order chi connectivity index (χ1) is 17.8. The van der Waals surface area contributed by atoms with Crippen LogP contribution in [0.15, 0.2) is 140 Å². The topological polar surface area (TPSA) is 0 Å². The Bertz CT molecular complexity index is 1690. The first kappa shape index (κ1) is 20.9. The first-order valence-electron chi connectivity index (χ1n) is 12.6. The summed E-state index contributed by atoms with van der Waals surface area (Å²) in [4.78, 5) is 0. The van der Waals surface area contributed by atoms with E-state index in [0.29, 0.717) is 0 Å². The Morgan fingerprint density at radius 2 is 1.06 bits per heavy atom. The number of rotatable bonds is 3. The summed E-state index contributed by atoms with van der Waals surface area (Å²) in [5, 5.41) is 2.58. The fourth-order valence-electron chi connectivity index (χ4n) is 6.31. The third kappa shape index (κ3) is 2.94. The van der Waals surface area contributed by atoms with Crippen LogP contribution in [0.25, 0.3) is 33.0 Å². The molecule has 0 heteroatoms. The lowest BCUT2D eigenvalue weighted by atomic mass is 9.67. The van der Waals surface area contributed by atoms with Crippen molar-refractivity contribution in [1.82, 2.24) is 0 Å². The van der Waals surface area contributed by atoms with Crippen LogP contribution in [0.3, 0.4) is 0 Å². The van der Waals surface area contributed by atoms with Crippen LogP contribution in [0.5, 0.6) is 0 Å². The Balaban J connectivity index is 1.60. The molecule has 170 valence electrons. The molecular weight excluding hydrogens is 432 g/mol. The van der Waals surface area contributed by atoms with Gasteiger partial charge in [-0.15, -0.1) is 0 Å². The van der Waals surface area contributed by atoms with Crippen molar-refractivity contribution >= 4 is 10.8 Å². The molecule has 0 spiro atoms. The Hall–Kier alpha value is -4.42. The van der Waals surface area contributed by atoms with E-state index in [1.165, 1.54) is 60.8 Å². The third-order valence-corrected chi connectivity index (χ3v) is 7.78. The van der Waals surface area contributed by atoms with Crippen molar-refractivity contribution in [2.24, 2.45) is 0 Å². The van der Waals surface area contributed by atoms with Gasteiger partial charge in [0, 0.05) is 0 Å². The van der Waals surface area contributed by atoms with Crippen molar-refractivity contribution in [3.05, 3.63) is 167 Å². The van der Waals surface area contributed by atoms with Gasteiger partial charge in [-0.3, -0.25) is 0 Å². The SMILES string of the molecule is Cc1cc(-c2ccc3c(c2)C(c2ccccc2)(c2ccccc2)c2ccccc2-3)c2ccccc2c1. The molecular formula is C36H26. The van der Waals surface area contributed by atoms with Crippen molar-refractivity contribution in [2.75, 3.05) is 0 Å². The summed E-state index contributed by atoms with van der Waals surface area (Å²) in [6.45, 7) is 2.19. The maximum atomic E-state index is 2.45. The molecule has 0 N–H and O–H groups in total. The Labute approximate surface area is 212 Å². The standard InChI is InChI=1S/C36H26/c1-25-22-26-12-8-9-17-30(26)33(23-25)27-20-21-32-31-18-10-11-19-34(31)36(35(32)24-27,28-13-4-2-5-14-28)29-15-6-3-7-16-29/h2-24H,1H3. The monoisotopic (exact) mass is 458 g/mol. The van der Waals surface area contributed by atoms with Crippen LogP contribution in [-0.2, 0) is 5.41 Å². The molecule has 0 bridgehead atoms. The minimum atomic E-state index is -0.371. The van der Waals surface area contributed by atoms with Gasteiger partial charge in [0.1, 0.15) is 0 Å². The molecule has 0 atom stereocenters. The molecule has 6 aromatic rings. The second-order valence-electron chi connectivity index (χ2n) is 9.82. The van der Waals surface area contributed by atoms with E-state index < -0.39 is 0 Å². The number of hydrogen-bond acceptors (Lipinski definition) is 0. The third-order valence-electron chi connectivity index (χ3n) is 7.78. The van der Waals surface area contributed by atoms with Crippen LogP contribution in [-0.4, -0.2) is 0 Å². The van der Waals surface area contributed by atoms with E-state index in [9.17, 15) is 0 Å². The molecule has 0 saturated heterocycles. The molecule has 36 heavy (non-hydrogen) atoms. The van der Waals surface area contributed by atoms with Crippen LogP contribution < -0.4 is 0 Å². The Morgan fingerprint density at radius 1 is 0.444 bits per heavy atom. The van der Waals surface area contributed by atoms with Gasteiger partial charge in [-0.25, -0.2) is 0 Å². The zero-order valence-electron chi connectivity index (χ0n) is 20.3. The predicted octanol–water partition coefficient (Wildman–Crippen LogP) is 9.18. The normalized spacial score (nSPS) is 13.4. The molecule has 7 rings (SSSR count). The molecule has 0 nitrogen and oxygen atoms in total. The molecule has 0 aromatic heterocycles. The molecule has 0 aliphatic heterocycles. The molecule has 0 fully saturated rings. The fourth-order valence-corrected chi connectivity index (χ4v) is 6.31. The van der Waals surface area contributed by atoms with Gasteiger partial charge in [-0.1, -0.05) is 133 Å². The summed E-state index contributed by atoms with van der Waals surface area (Å²) in [6, 6.07) is 51.4. The summed E-state index contributed by atoms with van der Waals surface area (Å²) < 4.78 is 0. The van der Waals surface area contributed by atoms with E-state index in [2.05, 4.69) is 146 Å². The van der Waals surface area contributed by atoms with Crippen LogP contribution in [0.1, 0.15) is 27.8 Å². The summed E-state index contributed by atoms with van der Waals surface area (Å²) in [6.07, 6.45) is 0. The van der Waals surface area contributed by atoms with Crippen molar-refractivity contribution in [3.63, 3.8) is 0 Å². The van der Waals surface area contributed by atoms with Crippen molar-refractivity contribution < 1.29 is 0 Å². The molecule has 0 saturated carbocycles.